The number of nitrogens with zero attached hydrogens (tertiary/aromatic N) is 2. The van der Waals surface area contributed by atoms with Crippen LogP contribution in [0.5, 0.6) is 17.2 Å². The van der Waals surface area contributed by atoms with E-state index in [4.69, 9.17) is 18.9 Å². The standard InChI is InChI=1S/C27H26N2O8S/c1-13-12-15(10-11-17(13)34-3)21(30)19-20(16-8-7-9-18(35-4)23(16)36-5)29(25(32)22(19)31)27-28-14(2)24(38-27)26(33)37-6/h7-12,20,30H,1-6H3. The van der Waals surface area contributed by atoms with Gasteiger partial charge in [0, 0.05) is 11.1 Å². The molecule has 0 saturated carbocycles. The molecule has 2 aromatic carbocycles. The number of thiazole rings is 1. The molecule has 0 aliphatic carbocycles. The molecule has 0 radical (unpaired) electrons. The van der Waals surface area contributed by atoms with E-state index in [0.29, 0.717) is 28.3 Å². The van der Waals surface area contributed by atoms with E-state index in [9.17, 15) is 19.5 Å². The number of aromatic nitrogens is 1. The van der Waals surface area contributed by atoms with Crippen molar-refractivity contribution < 1.29 is 38.4 Å². The Bertz CT molecular complexity index is 1480. The number of carbonyl (C=O) groups is 3. The van der Waals surface area contributed by atoms with Crippen LogP contribution in [0.4, 0.5) is 5.13 Å². The van der Waals surface area contributed by atoms with Crippen LogP contribution in [0, 0.1) is 13.8 Å². The number of Topliss-reactive ketones (excluding diaryl/α,β-unsaturated/α-hetero) is 1. The number of aryl methyl sites for hydroxylation is 2. The first kappa shape index (κ1) is 26.7. The molecule has 1 aliphatic heterocycles. The highest BCUT2D eigenvalue weighted by molar-refractivity contribution is 7.17. The minimum Gasteiger partial charge on any atom is -0.507 e. The lowest BCUT2D eigenvalue weighted by atomic mass is 9.94. The number of amides is 1. The molecule has 3 aromatic rings. The maximum Gasteiger partial charge on any atom is 0.350 e. The van der Waals surface area contributed by atoms with E-state index >= 15 is 0 Å². The summed E-state index contributed by atoms with van der Waals surface area (Å²) in [6.07, 6.45) is 0. The number of esters is 1. The van der Waals surface area contributed by atoms with Crippen LogP contribution >= 0.6 is 11.3 Å². The Hall–Kier alpha value is -4.38. The van der Waals surface area contributed by atoms with E-state index in [0.717, 1.165) is 21.8 Å². The number of carbonyl (C=O) groups excluding carboxylic acids is 3. The van der Waals surface area contributed by atoms with E-state index in [2.05, 4.69) is 4.98 Å². The van der Waals surface area contributed by atoms with Crippen LogP contribution < -0.4 is 19.1 Å². The van der Waals surface area contributed by atoms with Gasteiger partial charge in [0.2, 0.25) is 0 Å². The van der Waals surface area contributed by atoms with Crippen molar-refractivity contribution in [3.63, 3.8) is 0 Å². The summed E-state index contributed by atoms with van der Waals surface area (Å²) in [5, 5.41) is 11.5. The van der Waals surface area contributed by atoms with Crippen molar-refractivity contribution in [1.82, 2.24) is 4.98 Å². The summed E-state index contributed by atoms with van der Waals surface area (Å²) in [4.78, 5) is 45.0. The van der Waals surface area contributed by atoms with Crippen molar-refractivity contribution in [1.29, 1.82) is 0 Å². The number of aliphatic hydroxyl groups excluding tert-OH is 1. The number of hydrogen-bond acceptors (Lipinski definition) is 10. The molecule has 11 heteroatoms. The summed E-state index contributed by atoms with van der Waals surface area (Å²) in [6.45, 7) is 3.40. The smallest absolute Gasteiger partial charge is 0.350 e. The molecule has 10 nitrogen and oxygen atoms in total. The highest BCUT2D eigenvalue weighted by Gasteiger charge is 2.49. The van der Waals surface area contributed by atoms with Gasteiger partial charge in [0.1, 0.15) is 22.4 Å². The first-order chi connectivity index (χ1) is 18.2. The number of benzene rings is 2. The Morgan fingerprint density at radius 3 is 2.32 bits per heavy atom. The third-order valence-electron chi connectivity index (χ3n) is 6.20. The molecule has 1 atom stereocenters. The van der Waals surface area contributed by atoms with Crippen LogP contribution in [0.15, 0.2) is 42.0 Å². The highest BCUT2D eigenvalue weighted by atomic mass is 32.1. The van der Waals surface area contributed by atoms with E-state index in [1.54, 1.807) is 50.2 Å². The minimum atomic E-state index is -1.14. The van der Waals surface area contributed by atoms with Gasteiger partial charge in [0.25, 0.3) is 5.78 Å². The summed E-state index contributed by atoms with van der Waals surface area (Å²) >= 11 is 0.908. The molecule has 1 amide bonds. The third-order valence-corrected chi connectivity index (χ3v) is 7.34. The predicted molar refractivity (Wildman–Crippen MR) is 140 cm³/mol. The summed E-state index contributed by atoms with van der Waals surface area (Å²) in [5.74, 6) is -1.61. The topological polar surface area (TPSA) is 124 Å². The molecule has 198 valence electrons. The number of methoxy groups -OCH3 is 4. The maximum absolute atomic E-state index is 13.5. The zero-order valence-electron chi connectivity index (χ0n) is 21.6. The Morgan fingerprint density at radius 1 is 1.00 bits per heavy atom. The van der Waals surface area contributed by atoms with E-state index < -0.39 is 23.7 Å². The quantitative estimate of drug-likeness (QED) is 0.204. The number of anilines is 1. The van der Waals surface area contributed by atoms with Crippen molar-refractivity contribution >= 4 is 39.9 Å². The van der Waals surface area contributed by atoms with Gasteiger partial charge in [0.05, 0.1) is 39.7 Å². The van der Waals surface area contributed by atoms with Crippen LogP contribution in [0.2, 0.25) is 0 Å². The largest absolute Gasteiger partial charge is 0.507 e. The zero-order chi connectivity index (χ0) is 27.7. The normalized spacial score (nSPS) is 16.5. The Morgan fingerprint density at radius 2 is 1.71 bits per heavy atom. The molecule has 1 fully saturated rings. The van der Waals surface area contributed by atoms with Crippen molar-refractivity contribution in [2.75, 3.05) is 33.3 Å². The zero-order valence-corrected chi connectivity index (χ0v) is 22.5. The number of hydrogen-bond donors (Lipinski definition) is 1. The minimum absolute atomic E-state index is 0.0878. The van der Waals surface area contributed by atoms with Gasteiger partial charge in [-0.05, 0) is 43.7 Å². The number of ketones is 1. The Labute approximate surface area is 223 Å². The van der Waals surface area contributed by atoms with E-state index in [1.165, 1.54) is 28.4 Å². The SMILES string of the molecule is COC(=O)c1sc(N2C(=O)C(=O)C(=C(O)c3ccc(OC)c(C)c3)C2c2cccc(OC)c2OC)nc1C. The molecule has 1 N–H and O–H groups in total. The summed E-state index contributed by atoms with van der Waals surface area (Å²) < 4.78 is 21.2. The van der Waals surface area contributed by atoms with Gasteiger partial charge >= 0.3 is 11.9 Å². The highest BCUT2D eigenvalue weighted by Crippen LogP contribution is 2.48. The van der Waals surface area contributed by atoms with Crippen LogP contribution in [-0.2, 0) is 14.3 Å². The average Bonchev–Trinajstić information content (AvgIpc) is 3.43. The van der Waals surface area contributed by atoms with Crippen molar-refractivity contribution in [2.45, 2.75) is 19.9 Å². The fourth-order valence-electron chi connectivity index (χ4n) is 4.40. The Balaban J connectivity index is 2.01. The second kappa shape index (κ2) is 10.5. The van der Waals surface area contributed by atoms with Crippen molar-refractivity contribution in [3.05, 3.63) is 69.2 Å². The molecule has 0 bridgehead atoms. The molecule has 2 heterocycles. The predicted octanol–water partition coefficient (Wildman–Crippen LogP) is 4.20. The fourth-order valence-corrected chi connectivity index (χ4v) is 5.41. The van der Waals surface area contributed by atoms with Gasteiger partial charge in [0.15, 0.2) is 16.6 Å². The molecule has 0 spiro atoms. The monoisotopic (exact) mass is 538 g/mol. The lowest BCUT2D eigenvalue weighted by Gasteiger charge is -2.25. The van der Waals surface area contributed by atoms with Crippen molar-refractivity contribution in [3.8, 4) is 17.2 Å². The number of para-hydroxylation sites is 1. The van der Waals surface area contributed by atoms with Crippen LogP contribution in [0.3, 0.4) is 0 Å². The van der Waals surface area contributed by atoms with Crippen LogP contribution in [0.25, 0.3) is 5.76 Å². The molecular formula is C27H26N2O8S. The first-order valence-corrected chi connectivity index (χ1v) is 12.2. The molecule has 38 heavy (non-hydrogen) atoms. The lowest BCUT2D eigenvalue weighted by molar-refractivity contribution is -0.132. The molecule has 1 unspecified atom stereocenters. The lowest BCUT2D eigenvalue weighted by Crippen LogP contribution is -2.29. The van der Waals surface area contributed by atoms with Gasteiger partial charge in [-0.2, -0.15) is 0 Å². The second-order valence-corrected chi connectivity index (χ2v) is 9.32. The molecule has 1 aliphatic rings. The fraction of sp³-hybridized carbons (Fsp3) is 0.259. The summed E-state index contributed by atoms with van der Waals surface area (Å²) in [6, 6.07) is 8.79. The van der Waals surface area contributed by atoms with Gasteiger partial charge in [-0.25, -0.2) is 9.78 Å². The maximum atomic E-state index is 13.5. The van der Waals surface area contributed by atoms with Crippen molar-refractivity contribution in [2.24, 2.45) is 0 Å². The molecule has 4 rings (SSSR count). The number of aliphatic hydroxyl groups is 1. The Kier molecular flexibility index (Phi) is 7.40. The van der Waals surface area contributed by atoms with Gasteiger partial charge in [-0.3, -0.25) is 14.5 Å². The third kappa shape index (κ3) is 4.34. The van der Waals surface area contributed by atoms with E-state index in [1.807, 2.05) is 0 Å². The number of rotatable bonds is 7. The summed E-state index contributed by atoms with van der Waals surface area (Å²) in [5.41, 5.74) is 1.59. The average molecular weight is 539 g/mol. The van der Waals surface area contributed by atoms with Gasteiger partial charge < -0.3 is 24.1 Å². The van der Waals surface area contributed by atoms with E-state index in [-0.39, 0.29) is 27.1 Å². The van der Waals surface area contributed by atoms with Crippen LogP contribution in [0.1, 0.15) is 38.1 Å². The molecule has 1 aromatic heterocycles. The van der Waals surface area contributed by atoms with Crippen LogP contribution in [-0.4, -0.2) is 56.2 Å². The van der Waals surface area contributed by atoms with Gasteiger partial charge in [-0.15, -0.1) is 0 Å². The molecule has 1 saturated heterocycles. The molecular weight excluding hydrogens is 512 g/mol. The number of ether oxygens (including phenoxy) is 4. The van der Waals surface area contributed by atoms with Gasteiger partial charge in [-0.1, -0.05) is 23.5 Å². The first-order valence-electron chi connectivity index (χ1n) is 11.4. The second-order valence-electron chi connectivity index (χ2n) is 8.34. The summed E-state index contributed by atoms with van der Waals surface area (Å²) in [7, 11) is 5.67.